The molecule has 0 saturated carbocycles. The largest absolute Gasteiger partial charge is 2.00 e. The molecule has 0 fully saturated rings. The van der Waals surface area contributed by atoms with Crippen LogP contribution in [0, 0.1) is 0 Å². The van der Waals surface area contributed by atoms with Crippen molar-refractivity contribution in [1.82, 2.24) is 0 Å². The van der Waals surface area contributed by atoms with E-state index in [1.165, 1.54) is 24.3 Å². The summed E-state index contributed by atoms with van der Waals surface area (Å²) in [5.74, 6) is 0.538. The monoisotopic (exact) mass is 420 g/mol. The molecule has 0 radical (unpaired) electrons. The Bertz CT molecular complexity index is 582. The molecule has 0 aliphatic heterocycles. The molecule has 0 aliphatic carbocycles. The third-order valence-corrected chi connectivity index (χ3v) is 3.21. The van der Waals surface area contributed by atoms with Crippen LogP contribution in [-0.4, -0.2) is 37.7 Å². The van der Waals surface area contributed by atoms with Crippen LogP contribution in [0.3, 0.4) is 0 Å². The smallest absolute Gasteiger partial charge is 0.558 e. The van der Waals surface area contributed by atoms with Gasteiger partial charge in [-0.05, 0) is 57.7 Å². The van der Waals surface area contributed by atoms with Gasteiger partial charge >= 0.3 is 54.2 Å². The van der Waals surface area contributed by atoms with E-state index in [4.69, 9.17) is 23.2 Å². The molecule has 116 valence electrons. The van der Waals surface area contributed by atoms with Crippen LogP contribution in [0.15, 0.2) is 48.5 Å². The zero-order valence-corrected chi connectivity index (χ0v) is 16.9. The molecular formula is C12H8CaCl2O6P2+2. The van der Waals surface area contributed by atoms with Crippen molar-refractivity contribution in [3.8, 4) is 11.5 Å². The van der Waals surface area contributed by atoms with Crippen LogP contribution in [0.25, 0.3) is 0 Å². The number of halogens is 2. The summed E-state index contributed by atoms with van der Waals surface area (Å²) < 4.78 is 28.8. The van der Waals surface area contributed by atoms with E-state index >= 15 is 0 Å². The first-order chi connectivity index (χ1) is 10.4. The first-order valence-corrected chi connectivity index (χ1v) is 8.47. The molecule has 0 amide bonds. The predicted molar refractivity (Wildman–Crippen MR) is 85.1 cm³/mol. The van der Waals surface area contributed by atoms with E-state index in [0.717, 1.165) is 0 Å². The fourth-order valence-electron chi connectivity index (χ4n) is 1.16. The van der Waals surface area contributed by atoms with Gasteiger partial charge in [-0.1, -0.05) is 23.2 Å². The van der Waals surface area contributed by atoms with Crippen molar-refractivity contribution in [3.63, 3.8) is 0 Å². The molecule has 2 aromatic carbocycles. The van der Waals surface area contributed by atoms with Crippen molar-refractivity contribution < 1.29 is 28.0 Å². The second-order valence-corrected chi connectivity index (χ2v) is 5.67. The van der Waals surface area contributed by atoms with Gasteiger partial charge in [-0.25, -0.2) is 0 Å². The third-order valence-electron chi connectivity index (χ3n) is 1.99. The summed E-state index contributed by atoms with van der Waals surface area (Å²) >= 11 is 11.1. The van der Waals surface area contributed by atoms with Crippen LogP contribution in [0.2, 0.25) is 10.0 Å². The maximum atomic E-state index is 10.0. The Hall–Kier alpha value is -0.000260. The predicted octanol–water partition coefficient (Wildman–Crippen LogP) is 3.09. The Kier molecular flexibility index (Phi) is 12.4. The minimum atomic E-state index is -2.83. The van der Waals surface area contributed by atoms with E-state index in [0.29, 0.717) is 10.0 Å². The van der Waals surface area contributed by atoms with Crippen LogP contribution in [-0.2, 0) is 9.13 Å². The van der Waals surface area contributed by atoms with E-state index in [9.17, 15) is 18.9 Å². The molecular weight excluding hydrogens is 413 g/mol. The average molecular weight is 421 g/mol. The second-order valence-electron chi connectivity index (χ2n) is 3.54. The van der Waals surface area contributed by atoms with Gasteiger partial charge in [0.05, 0.1) is 0 Å². The molecule has 2 aromatic rings. The van der Waals surface area contributed by atoms with Gasteiger partial charge in [0.2, 0.25) is 0 Å². The van der Waals surface area contributed by atoms with E-state index < -0.39 is 16.5 Å². The van der Waals surface area contributed by atoms with Crippen LogP contribution < -0.4 is 18.8 Å². The Balaban J connectivity index is 0.000000403. The van der Waals surface area contributed by atoms with E-state index in [1.54, 1.807) is 24.3 Å². The average Bonchev–Trinajstić information content (AvgIpc) is 2.44. The Morgan fingerprint density at radius 2 is 0.957 bits per heavy atom. The first kappa shape index (κ1) is 23.0. The van der Waals surface area contributed by atoms with Gasteiger partial charge < -0.3 is 9.79 Å². The molecule has 0 bridgehead atoms. The molecule has 6 nitrogen and oxygen atoms in total. The molecule has 2 rings (SSSR count). The van der Waals surface area contributed by atoms with Gasteiger partial charge in [-0.2, -0.15) is 0 Å². The van der Waals surface area contributed by atoms with Crippen molar-refractivity contribution in [2.45, 2.75) is 0 Å². The number of benzene rings is 2. The van der Waals surface area contributed by atoms with E-state index in [2.05, 4.69) is 9.05 Å². The summed E-state index contributed by atoms with van der Waals surface area (Å²) in [5, 5.41) is 1.08. The van der Waals surface area contributed by atoms with Gasteiger partial charge in [-0.3, -0.25) is 9.05 Å². The molecule has 2 atom stereocenters. The van der Waals surface area contributed by atoms with Crippen LogP contribution >= 0.6 is 39.7 Å². The van der Waals surface area contributed by atoms with Crippen LogP contribution in [0.4, 0.5) is 0 Å². The summed E-state index contributed by atoms with van der Waals surface area (Å²) in [4.78, 5) is 20.1. The van der Waals surface area contributed by atoms with Gasteiger partial charge in [0.1, 0.15) is 0 Å². The molecule has 2 unspecified atom stereocenters. The van der Waals surface area contributed by atoms with Crippen molar-refractivity contribution in [2.75, 3.05) is 0 Å². The summed E-state index contributed by atoms with van der Waals surface area (Å²) in [6.45, 7) is 0. The summed E-state index contributed by atoms with van der Waals surface area (Å²) in [6, 6.07) is 12.1. The quantitative estimate of drug-likeness (QED) is 0.556. The van der Waals surface area contributed by atoms with Crippen LogP contribution in [0.5, 0.6) is 11.5 Å². The maximum Gasteiger partial charge on any atom is 2.00 e. The van der Waals surface area contributed by atoms with Gasteiger partial charge in [0.15, 0.2) is 11.5 Å². The van der Waals surface area contributed by atoms with Gasteiger partial charge in [-0.15, -0.1) is 0 Å². The summed E-state index contributed by atoms with van der Waals surface area (Å²) in [7, 11) is -5.66. The normalized spacial score (nSPS) is 10.4. The van der Waals surface area contributed by atoms with Crippen molar-refractivity contribution in [3.05, 3.63) is 58.6 Å². The molecule has 11 heteroatoms. The van der Waals surface area contributed by atoms with Crippen molar-refractivity contribution in [1.29, 1.82) is 0 Å². The molecule has 0 spiro atoms. The molecule has 0 heterocycles. The minimum absolute atomic E-state index is 0. The van der Waals surface area contributed by atoms with E-state index in [-0.39, 0.29) is 49.2 Å². The zero-order valence-electron chi connectivity index (χ0n) is 11.4. The molecule has 0 N–H and O–H groups in total. The standard InChI is InChI=1S/2C6H4ClO3P.Ca/c2*7-5-1-3-6(4-2-5)10-11(8)9;/h2*1-4H;/q;;+2. The SMILES string of the molecule is O=[P+]([O-])Oc1ccc(Cl)cc1.O=[P+]([O-])Oc1ccc(Cl)cc1.[Ca+2]. The zero-order chi connectivity index (χ0) is 16.5. The van der Waals surface area contributed by atoms with Crippen LogP contribution in [0.1, 0.15) is 0 Å². The van der Waals surface area contributed by atoms with Crippen molar-refractivity contribution >= 4 is 77.4 Å². The Morgan fingerprint density at radius 1 is 0.696 bits per heavy atom. The fourth-order valence-corrected chi connectivity index (χ4v) is 2.00. The maximum absolute atomic E-state index is 10.0. The Morgan fingerprint density at radius 3 is 1.17 bits per heavy atom. The summed E-state index contributed by atoms with van der Waals surface area (Å²) in [6.07, 6.45) is 0. The molecule has 0 saturated heterocycles. The minimum Gasteiger partial charge on any atom is -0.558 e. The van der Waals surface area contributed by atoms with Crippen molar-refractivity contribution in [2.24, 2.45) is 0 Å². The third kappa shape index (κ3) is 11.2. The van der Waals surface area contributed by atoms with Gasteiger partial charge in [0.25, 0.3) is 0 Å². The van der Waals surface area contributed by atoms with Gasteiger partial charge in [0, 0.05) is 10.0 Å². The topological polar surface area (TPSA) is 98.7 Å². The molecule has 0 aliphatic rings. The molecule has 23 heavy (non-hydrogen) atoms. The summed E-state index contributed by atoms with van der Waals surface area (Å²) in [5.41, 5.74) is 0. The first-order valence-electron chi connectivity index (χ1n) is 5.52. The second kappa shape index (κ2) is 12.4. The molecule has 0 aromatic heterocycles. The van der Waals surface area contributed by atoms with E-state index in [1.807, 2.05) is 0 Å². The number of rotatable bonds is 4. The number of hydrogen-bond donors (Lipinski definition) is 0. The Labute approximate surface area is 174 Å². The fraction of sp³-hybridized carbons (Fsp3) is 0. The number of hydrogen-bond acceptors (Lipinski definition) is 6.